The summed E-state index contributed by atoms with van der Waals surface area (Å²) in [7, 11) is 0. The van der Waals surface area contributed by atoms with Crippen LogP contribution in [-0.4, -0.2) is 29.3 Å². The van der Waals surface area contributed by atoms with Gasteiger partial charge in [0.1, 0.15) is 0 Å². The maximum atomic E-state index is 13.6. The first-order valence-corrected chi connectivity index (χ1v) is 6.67. The van der Waals surface area contributed by atoms with Crippen LogP contribution in [0.2, 0.25) is 0 Å². The molecular weight excluding hydrogens is 287 g/mol. The van der Waals surface area contributed by atoms with Crippen LogP contribution in [0.3, 0.4) is 0 Å². The molecule has 118 valence electrons. The predicted octanol–water partition coefficient (Wildman–Crippen LogP) is 2.34. The third-order valence-corrected chi connectivity index (χ3v) is 3.16. The average Bonchev–Trinajstić information content (AvgIpc) is 2.46. The summed E-state index contributed by atoms with van der Waals surface area (Å²) in [6.45, 7) is 2.08. The monoisotopic (exact) mass is 305 g/mol. The molecule has 0 heterocycles. The van der Waals surface area contributed by atoms with Gasteiger partial charge in [-0.15, -0.1) is 0 Å². The minimum Gasteiger partial charge on any atom is -0.503 e. The molecule has 0 saturated heterocycles. The first kappa shape index (κ1) is 17.3. The van der Waals surface area contributed by atoms with E-state index >= 15 is 0 Å². The Balaban J connectivity index is 2.80. The summed E-state index contributed by atoms with van der Waals surface area (Å²) in [5.74, 6) is -7.18. The number of amides is 1. The van der Waals surface area contributed by atoms with Crippen LogP contribution in [-0.2, 0) is 0 Å². The number of aliphatic hydroxyl groups excluding tert-OH is 1. The zero-order chi connectivity index (χ0) is 16.0. The molecule has 0 fully saturated rings. The highest BCUT2D eigenvalue weighted by molar-refractivity contribution is 5.94. The van der Waals surface area contributed by atoms with E-state index in [1.54, 1.807) is 0 Å². The van der Waals surface area contributed by atoms with Crippen LogP contribution in [0.25, 0.3) is 0 Å². The quantitative estimate of drug-likeness (QED) is 0.677. The Bertz CT molecular complexity index is 503. The van der Waals surface area contributed by atoms with Crippen molar-refractivity contribution in [3.05, 3.63) is 29.1 Å². The Morgan fingerprint density at radius 1 is 1.29 bits per heavy atom. The van der Waals surface area contributed by atoms with Crippen molar-refractivity contribution in [1.29, 1.82) is 0 Å². The van der Waals surface area contributed by atoms with Gasteiger partial charge in [-0.3, -0.25) is 4.79 Å². The number of hydrogen-bond acceptors (Lipinski definition) is 3. The van der Waals surface area contributed by atoms with Crippen LogP contribution in [0.5, 0.6) is 5.75 Å². The first-order valence-electron chi connectivity index (χ1n) is 6.67. The van der Waals surface area contributed by atoms with Crippen LogP contribution < -0.4 is 5.32 Å². The number of rotatable bonds is 7. The Morgan fingerprint density at radius 3 is 2.52 bits per heavy atom. The Morgan fingerprint density at radius 2 is 1.95 bits per heavy atom. The number of aromatic hydroxyl groups is 1. The van der Waals surface area contributed by atoms with E-state index in [9.17, 15) is 18.0 Å². The van der Waals surface area contributed by atoms with Crippen molar-refractivity contribution in [2.45, 2.75) is 26.2 Å². The Kier molecular flexibility index (Phi) is 6.48. The third-order valence-electron chi connectivity index (χ3n) is 3.16. The fourth-order valence-corrected chi connectivity index (χ4v) is 2.03. The van der Waals surface area contributed by atoms with Crippen LogP contribution in [0, 0.1) is 23.4 Å². The van der Waals surface area contributed by atoms with E-state index in [2.05, 4.69) is 5.32 Å². The number of hydrogen-bond donors (Lipinski definition) is 3. The Hall–Kier alpha value is -1.76. The lowest BCUT2D eigenvalue weighted by atomic mass is 10.00. The summed E-state index contributed by atoms with van der Waals surface area (Å²) in [4.78, 5) is 11.8. The van der Waals surface area contributed by atoms with Crippen molar-refractivity contribution in [2.75, 3.05) is 13.2 Å². The van der Waals surface area contributed by atoms with Gasteiger partial charge in [-0.2, -0.15) is 4.39 Å². The van der Waals surface area contributed by atoms with E-state index in [1.165, 1.54) is 0 Å². The van der Waals surface area contributed by atoms with Gasteiger partial charge in [0.25, 0.3) is 5.91 Å². The lowest BCUT2D eigenvalue weighted by Gasteiger charge is -2.16. The van der Waals surface area contributed by atoms with Crippen LogP contribution in [0.4, 0.5) is 13.2 Å². The van der Waals surface area contributed by atoms with Gasteiger partial charge in [-0.05, 0) is 24.8 Å². The zero-order valence-corrected chi connectivity index (χ0v) is 11.6. The number of nitrogens with one attached hydrogen (secondary N) is 1. The van der Waals surface area contributed by atoms with E-state index in [0.717, 1.165) is 12.8 Å². The van der Waals surface area contributed by atoms with Crippen molar-refractivity contribution >= 4 is 5.91 Å². The molecule has 0 spiro atoms. The highest BCUT2D eigenvalue weighted by Gasteiger charge is 2.22. The lowest BCUT2D eigenvalue weighted by molar-refractivity contribution is 0.0937. The summed E-state index contributed by atoms with van der Waals surface area (Å²) in [5, 5.41) is 20.3. The van der Waals surface area contributed by atoms with E-state index in [0.29, 0.717) is 12.5 Å². The largest absolute Gasteiger partial charge is 0.503 e. The summed E-state index contributed by atoms with van der Waals surface area (Å²) in [6.07, 6.45) is 2.08. The molecule has 1 atom stereocenters. The van der Waals surface area contributed by atoms with Crippen molar-refractivity contribution in [2.24, 2.45) is 5.92 Å². The molecule has 0 aliphatic heterocycles. The summed E-state index contributed by atoms with van der Waals surface area (Å²) in [5.41, 5.74) is -0.759. The minimum absolute atomic E-state index is 0.00547. The number of carbonyl (C=O) groups excluding carboxylic acids is 1. The van der Waals surface area contributed by atoms with Crippen LogP contribution in [0.1, 0.15) is 36.5 Å². The second-order valence-corrected chi connectivity index (χ2v) is 4.76. The smallest absolute Gasteiger partial charge is 0.254 e. The summed E-state index contributed by atoms with van der Waals surface area (Å²) < 4.78 is 39.6. The van der Waals surface area contributed by atoms with E-state index < -0.39 is 34.7 Å². The fraction of sp³-hybridized carbons (Fsp3) is 0.500. The highest BCUT2D eigenvalue weighted by Crippen LogP contribution is 2.25. The topological polar surface area (TPSA) is 69.6 Å². The average molecular weight is 305 g/mol. The molecule has 1 rings (SSSR count). The van der Waals surface area contributed by atoms with E-state index in [4.69, 9.17) is 10.2 Å². The van der Waals surface area contributed by atoms with Gasteiger partial charge in [-0.1, -0.05) is 13.3 Å². The molecule has 1 aromatic rings. The molecule has 1 amide bonds. The van der Waals surface area contributed by atoms with Gasteiger partial charge in [0.15, 0.2) is 17.4 Å². The van der Waals surface area contributed by atoms with E-state index in [-0.39, 0.29) is 19.1 Å². The first-order chi connectivity index (χ1) is 9.92. The van der Waals surface area contributed by atoms with Crippen LogP contribution >= 0.6 is 0 Å². The van der Waals surface area contributed by atoms with Crippen LogP contribution in [0.15, 0.2) is 6.07 Å². The standard InChI is InChI=1S/C14H18F3NO3/c1-2-3-8(4-5-19)7-18-14(21)9-6-10(15)12(17)13(20)11(9)16/h6,8,19-20H,2-5,7H2,1H3,(H,18,21). The van der Waals surface area contributed by atoms with Gasteiger partial charge in [-0.25, -0.2) is 8.78 Å². The molecule has 0 bridgehead atoms. The second-order valence-electron chi connectivity index (χ2n) is 4.76. The molecule has 1 unspecified atom stereocenters. The van der Waals surface area contributed by atoms with Crippen molar-refractivity contribution < 1.29 is 28.2 Å². The summed E-state index contributed by atoms with van der Waals surface area (Å²) in [6, 6.07) is 0.403. The van der Waals surface area contributed by atoms with Crippen molar-refractivity contribution in [1.82, 2.24) is 5.32 Å². The zero-order valence-electron chi connectivity index (χ0n) is 11.6. The molecule has 0 aliphatic rings. The predicted molar refractivity (Wildman–Crippen MR) is 70.4 cm³/mol. The molecule has 1 aromatic carbocycles. The lowest BCUT2D eigenvalue weighted by Crippen LogP contribution is -2.30. The number of aliphatic hydroxyl groups is 1. The Labute approximate surface area is 120 Å². The molecule has 0 aliphatic carbocycles. The molecule has 21 heavy (non-hydrogen) atoms. The molecule has 0 radical (unpaired) electrons. The van der Waals surface area contributed by atoms with Crippen molar-refractivity contribution in [3.8, 4) is 5.75 Å². The van der Waals surface area contributed by atoms with Gasteiger partial charge in [0, 0.05) is 13.2 Å². The molecule has 0 aromatic heterocycles. The molecule has 3 N–H and O–H groups in total. The van der Waals surface area contributed by atoms with Crippen molar-refractivity contribution in [3.63, 3.8) is 0 Å². The van der Waals surface area contributed by atoms with E-state index in [1.807, 2.05) is 6.92 Å². The maximum Gasteiger partial charge on any atom is 0.254 e. The number of phenols is 1. The van der Waals surface area contributed by atoms with Gasteiger partial charge in [0.05, 0.1) is 5.56 Å². The third kappa shape index (κ3) is 4.35. The number of phenolic OH excluding ortho intramolecular Hbond substituents is 1. The fourth-order valence-electron chi connectivity index (χ4n) is 2.03. The van der Waals surface area contributed by atoms with Gasteiger partial charge < -0.3 is 15.5 Å². The molecule has 7 heteroatoms. The number of carbonyl (C=O) groups is 1. The molecular formula is C14H18F3NO3. The normalized spacial score (nSPS) is 12.2. The SMILES string of the molecule is CCCC(CCO)CNC(=O)c1cc(F)c(F)c(O)c1F. The second kappa shape index (κ2) is 7.87. The van der Waals surface area contributed by atoms with Gasteiger partial charge >= 0.3 is 0 Å². The molecule has 4 nitrogen and oxygen atoms in total. The number of benzene rings is 1. The van der Waals surface area contributed by atoms with Gasteiger partial charge in [0.2, 0.25) is 5.82 Å². The summed E-state index contributed by atoms with van der Waals surface area (Å²) >= 11 is 0. The minimum atomic E-state index is -1.73. The number of halogens is 3. The maximum absolute atomic E-state index is 13.6. The molecule has 0 saturated carbocycles. The highest BCUT2D eigenvalue weighted by atomic mass is 19.2.